The summed E-state index contributed by atoms with van der Waals surface area (Å²) in [6.45, 7) is 19.3. The SMILES string of the molecule is CC1(C)c2ccccc2-c2ccc(-c3ccc4c(c3)C(C)(C)c3cc(-c5ccc6c(c5)C(C)(C)c5ccccc5-6)cc5c3N4c3ccccc3C5(C)C)cc21. The van der Waals surface area contributed by atoms with Crippen LogP contribution in [0.2, 0.25) is 0 Å². The first kappa shape index (κ1) is 32.7. The third kappa shape index (κ3) is 4.14. The number of benzene rings is 7. The van der Waals surface area contributed by atoms with E-state index in [0.29, 0.717) is 0 Å². The summed E-state index contributed by atoms with van der Waals surface area (Å²) in [6.07, 6.45) is 0. The minimum atomic E-state index is -0.247. The van der Waals surface area contributed by atoms with Crippen molar-refractivity contribution in [3.8, 4) is 44.5 Å². The molecule has 0 saturated heterocycles. The second-order valence-electron chi connectivity index (χ2n) is 18.6. The van der Waals surface area contributed by atoms with E-state index < -0.39 is 0 Å². The van der Waals surface area contributed by atoms with Gasteiger partial charge in [0.1, 0.15) is 0 Å². The third-order valence-corrected chi connectivity index (χ3v) is 14.2. The van der Waals surface area contributed by atoms with Crippen LogP contribution in [0, 0.1) is 0 Å². The molecule has 7 aromatic rings. The smallest absolute Gasteiger partial charge is 0.0544 e. The fourth-order valence-electron chi connectivity index (χ4n) is 11.0. The summed E-state index contributed by atoms with van der Waals surface area (Å²) in [4.78, 5) is 2.59. The van der Waals surface area contributed by atoms with Crippen LogP contribution in [0.5, 0.6) is 0 Å². The molecule has 55 heavy (non-hydrogen) atoms. The summed E-state index contributed by atoms with van der Waals surface area (Å²) in [7, 11) is 0. The normalized spacial score (nSPS) is 17.6. The lowest BCUT2D eigenvalue weighted by atomic mass is 9.65. The number of hydrogen-bond acceptors (Lipinski definition) is 1. The minimum absolute atomic E-state index is 0.0406. The molecule has 0 spiro atoms. The second kappa shape index (κ2) is 10.5. The first-order chi connectivity index (χ1) is 26.3. The molecule has 4 aliphatic rings. The molecule has 0 bridgehead atoms. The number of anilines is 3. The monoisotopic (exact) mass is 709 g/mol. The summed E-state index contributed by atoms with van der Waals surface area (Å²) in [5.41, 5.74) is 25.2. The highest BCUT2D eigenvalue weighted by Gasteiger charge is 2.46. The predicted octanol–water partition coefficient (Wildman–Crippen LogP) is 14.4. The zero-order valence-corrected chi connectivity index (χ0v) is 33.2. The van der Waals surface area contributed by atoms with Gasteiger partial charge in [-0.3, -0.25) is 0 Å². The predicted molar refractivity (Wildman–Crippen MR) is 231 cm³/mol. The van der Waals surface area contributed by atoms with Crippen molar-refractivity contribution in [1.29, 1.82) is 0 Å². The number of para-hydroxylation sites is 1. The first-order valence-corrected chi connectivity index (χ1v) is 20.0. The molecule has 0 saturated carbocycles. The summed E-state index contributed by atoms with van der Waals surface area (Å²) >= 11 is 0. The van der Waals surface area contributed by atoms with Crippen molar-refractivity contribution in [2.45, 2.75) is 77.0 Å². The van der Waals surface area contributed by atoms with Gasteiger partial charge in [-0.15, -0.1) is 0 Å². The molecule has 268 valence electrons. The maximum atomic E-state index is 2.59. The molecule has 11 rings (SSSR count). The van der Waals surface area contributed by atoms with E-state index in [1.807, 2.05) is 0 Å². The molecule has 0 radical (unpaired) electrons. The van der Waals surface area contributed by atoms with Crippen LogP contribution >= 0.6 is 0 Å². The molecule has 1 heteroatoms. The van der Waals surface area contributed by atoms with Crippen molar-refractivity contribution in [2.75, 3.05) is 4.90 Å². The summed E-state index contributed by atoms with van der Waals surface area (Å²) < 4.78 is 0. The number of fused-ring (bicyclic) bond motifs is 10. The molecule has 0 N–H and O–H groups in total. The number of rotatable bonds is 2. The van der Waals surface area contributed by atoms with Gasteiger partial charge in [0.05, 0.1) is 17.1 Å². The average Bonchev–Trinajstić information content (AvgIpc) is 3.56. The van der Waals surface area contributed by atoms with Crippen molar-refractivity contribution in [3.05, 3.63) is 184 Å². The molecule has 0 fully saturated rings. The van der Waals surface area contributed by atoms with Gasteiger partial charge in [-0.05, 0) is 131 Å². The Labute approximate surface area is 326 Å². The minimum Gasteiger partial charge on any atom is -0.309 e. The Hall–Kier alpha value is -5.66. The molecule has 1 nitrogen and oxygen atoms in total. The van der Waals surface area contributed by atoms with Crippen LogP contribution in [-0.2, 0) is 21.7 Å². The standard InChI is InChI=1S/C54H47N/c1-51(2)40-17-11-9-15-36(40)38-24-21-32(27-43(38)51)33-23-26-49-45(29-33)54(7,8)47-31-35(30-46-50(47)55(49)48-20-14-13-19-42(48)53(46,5)6)34-22-25-39-37-16-10-12-18-41(37)52(3,4)44(39)28-34/h9-31H,1-8H3. The number of hydrogen-bond donors (Lipinski definition) is 0. The lowest BCUT2D eigenvalue weighted by Crippen LogP contribution is -2.38. The van der Waals surface area contributed by atoms with E-state index in [0.717, 1.165) is 0 Å². The fraction of sp³-hybridized carbons (Fsp3) is 0.222. The zero-order valence-electron chi connectivity index (χ0n) is 33.2. The van der Waals surface area contributed by atoms with Gasteiger partial charge in [-0.25, -0.2) is 0 Å². The van der Waals surface area contributed by atoms with E-state index >= 15 is 0 Å². The number of nitrogens with zero attached hydrogens (tertiary/aromatic N) is 1. The van der Waals surface area contributed by atoms with Crippen LogP contribution < -0.4 is 4.90 Å². The van der Waals surface area contributed by atoms with E-state index in [9.17, 15) is 0 Å². The van der Waals surface area contributed by atoms with E-state index in [1.165, 1.54) is 106 Å². The molecule has 0 unspecified atom stereocenters. The summed E-state index contributed by atoms with van der Waals surface area (Å²) in [5.74, 6) is 0. The topological polar surface area (TPSA) is 3.24 Å². The molecule has 0 aromatic heterocycles. The highest BCUT2D eigenvalue weighted by molar-refractivity contribution is 5.96. The third-order valence-electron chi connectivity index (χ3n) is 14.2. The molecular formula is C54H47N. The lowest BCUT2D eigenvalue weighted by molar-refractivity contribution is 0.598. The Morgan fingerprint density at radius 1 is 0.291 bits per heavy atom. The second-order valence-corrected chi connectivity index (χ2v) is 18.6. The van der Waals surface area contributed by atoms with Crippen LogP contribution in [-0.4, -0.2) is 0 Å². The largest absolute Gasteiger partial charge is 0.309 e. The lowest BCUT2D eigenvalue weighted by Gasteiger charge is -2.50. The Bertz CT molecular complexity index is 2820. The molecule has 0 atom stereocenters. The summed E-state index contributed by atoms with van der Waals surface area (Å²) in [6, 6.07) is 53.6. The Morgan fingerprint density at radius 2 is 0.655 bits per heavy atom. The molecular weight excluding hydrogens is 663 g/mol. The van der Waals surface area contributed by atoms with Crippen molar-refractivity contribution < 1.29 is 0 Å². The highest BCUT2D eigenvalue weighted by atomic mass is 15.2. The van der Waals surface area contributed by atoms with Gasteiger partial charge in [-0.1, -0.05) is 152 Å². The zero-order chi connectivity index (χ0) is 37.8. The van der Waals surface area contributed by atoms with Gasteiger partial charge >= 0.3 is 0 Å². The Kier molecular flexibility index (Phi) is 6.28. The van der Waals surface area contributed by atoms with E-state index in [4.69, 9.17) is 0 Å². The van der Waals surface area contributed by atoms with Gasteiger partial charge < -0.3 is 4.90 Å². The van der Waals surface area contributed by atoms with Crippen molar-refractivity contribution in [3.63, 3.8) is 0 Å². The van der Waals surface area contributed by atoms with Gasteiger partial charge in [0.15, 0.2) is 0 Å². The first-order valence-electron chi connectivity index (χ1n) is 20.0. The summed E-state index contributed by atoms with van der Waals surface area (Å²) in [5, 5.41) is 0. The van der Waals surface area contributed by atoms with Crippen LogP contribution in [0.25, 0.3) is 44.5 Å². The molecule has 2 aliphatic carbocycles. The fourth-order valence-corrected chi connectivity index (χ4v) is 11.0. The Morgan fingerprint density at radius 3 is 1.22 bits per heavy atom. The van der Waals surface area contributed by atoms with E-state index in [1.54, 1.807) is 0 Å². The van der Waals surface area contributed by atoms with E-state index in [-0.39, 0.29) is 21.7 Å². The highest BCUT2D eigenvalue weighted by Crippen LogP contribution is 2.61. The molecule has 2 aliphatic heterocycles. The van der Waals surface area contributed by atoms with Crippen molar-refractivity contribution >= 4 is 17.1 Å². The maximum absolute atomic E-state index is 2.59. The van der Waals surface area contributed by atoms with Crippen LogP contribution in [0.4, 0.5) is 17.1 Å². The van der Waals surface area contributed by atoms with Crippen LogP contribution in [0.3, 0.4) is 0 Å². The Balaban J connectivity index is 1.11. The van der Waals surface area contributed by atoms with Gasteiger partial charge in [0.25, 0.3) is 0 Å². The van der Waals surface area contributed by atoms with Gasteiger partial charge in [-0.2, -0.15) is 0 Å². The van der Waals surface area contributed by atoms with Crippen molar-refractivity contribution in [2.24, 2.45) is 0 Å². The van der Waals surface area contributed by atoms with Gasteiger partial charge in [0, 0.05) is 21.7 Å². The molecule has 2 heterocycles. The molecule has 7 aromatic carbocycles. The van der Waals surface area contributed by atoms with E-state index in [2.05, 4.69) is 200 Å². The maximum Gasteiger partial charge on any atom is 0.0544 e. The van der Waals surface area contributed by atoms with Gasteiger partial charge in [0.2, 0.25) is 0 Å². The van der Waals surface area contributed by atoms with Crippen LogP contribution in [0.1, 0.15) is 99.9 Å². The van der Waals surface area contributed by atoms with Crippen LogP contribution in [0.15, 0.2) is 140 Å². The average molecular weight is 710 g/mol. The molecule has 0 amide bonds. The van der Waals surface area contributed by atoms with Crippen molar-refractivity contribution in [1.82, 2.24) is 0 Å². The quantitative estimate of drug-likeness (QED) is 0.173.